The van der Waals surface area contributed by atoms with Crippen molar-refractivity contribution in [3.8, 4) is 0 Å². The van der Waals surface area contributed by atoms with Gasteiger partial charge in [-0.05, 0) is 32.2 Å². The van der Waals surface area contributed by atoms with E-state index in [0.29, 0.717) is 5.92 Å². The lowest BCUT2D eigenvalue weighted by Gasteiger charge is -2.33. The highest BCUT2D eigenvalue weighted by Crippen LogP contribution is 2.30. The van der Waals surface area contributed by atoms with Gasteiger partial charge in [-0.3, -0.25) is 9.69 Å². The normalized spacial score (nSPS) is 27.5. The molecule has 1 unspecified atom stereocenters. The average molecular weight is 213 g/mol. The Morgan fingerprint density at radius 2 is 2.07 bits per heavy atom. The molecule has 1 aliphatic rings. The van der Waals surface area contributed by atoms with Crippen molar-refractivity contribution in [1.82, 2.24) is 4.90 Å². The molecule has 1 aliphatic heterocycles. The number of carboxylic acid groups (broad SMARTS) is 1. The molecular weight excluding hydrogens is 190 g/mol. The van der Waals surface area contributed by atoms with Gasteiger partial charge in [-0.1, -0.05) is 26.7 Å². The Morgan fingerprint density at radius 3 is 2.53 bits per heavy atom. The van der Waals surface area contributed by atoms with Crippen LogP contribution in [-0.4, -0.2) is 34.6 Å². The summed E-state index contributed by atoms with van der Waals surface area (Å²) in [5, 5.41) is 9.26. The first-order valence-corrected chi connectivity index (χ1v) is 6.03. The van der Waals surface area contributed by atoms with Gasteiger partial charge in [-0.15, -0.1) is 0 Å². The van der Waals surface area contributed by atoms with E-state index in [9.17, 15) is 9.90 Å². The zero-order valence-corrected chi connectivity index (χ0v) is 10.1. The number of hydrogen-bond acceptors (Lipinski definition) is 2. The van der Waals surface area contributed by atoms with Crippen molar-refractivity contribution in [2.45, 2.75) is 52.0 Å². The fourth-order valence-corrected chi connectivity index (χ4v) is 2.41. The molecule has 1 rings (SSSR count). The number of carboxylic acids is 1. The number of aliphatic carboxylic acids is 1. The summed E-state index contributed by atoms with van der Waals surface area (Å²) in [5.74, 6) is -0.0206. The van der Waals surface area contributed by atoms with E-state index in [1.807, 2.05) is 6.92 Å². The Morgan fingerprint density at radius 1 is 1.47 bits per heavy atom. The average Bonchev–Trinajstić information content (AvgIpc) is 2.58. The fraction of sp³-hybridized carbons (Fsp3) is 0.917. The monoisotopic (exact) mass is 213 g/mol. The summed E-state index contributed by atoms with van der Waals surface area (Å²) in [5.41, 5.74) is -0.609. The van der Waals surface area contributed by atoms with Crippen LogP contribution in [0.5, 0.6) is 0 Å². The lowest BCUT2D eigenvalue weighted by atomic mass is 9.96. The molecule has 0 amide bonds. The van der Waals surface area contributed by atoms with Gasteiger partial charge in [0.2, 0.25) is 0 Å². The van der Waals surface area contributed by atoms with Crippen LogP contribution >= 0.6 is 0 Å². The number of rotatable bonds is 5. The van der Waals surface area contributed by atoms with Crippen LogP contribution in [0.25, 0.3) is 0 Å². The Bertz CT molecular complexity index is 226. The summed E-state index contributed by atoms with van der Waals surface area (Å²) in [7, 11) is 0. The third-order valence-corrected chi connectivity index (χ3v) is 3.88. The summed E-state index contributed by atoms with van der Waals surface area (Å²) in [4.78, 5) is 13.4. The maximum Gasteiger partial charge on any atom is 0.323 e. The van der Waals surface area contributed by atoms with Crippen molar-refractivity contribution in [2.24, 2.45) is 5.92 Å². The molecule has 1 fully saturated rings. The van der Waals surface area contributed by atoms with Crippen LogP contribution in [0.1, 0.15) is 46.5 Å². The highest BCUT2D eigenvalue weighted by atomic mass is 16.4. The molecule has 88 valence electrons. The van der Waals surface area contributed by atoms with Crippen molar-refractivity contribution in [3.63, 3.8) is 0 Å². The van der Waals surface area contributed by atoms with Gasteiger partial charge in [-0.25, -0.2) is 0 Å². The van der Waals surface area contributed by atoms with Gasteiger partial charge in [0.1, 0.15) is 5.54 Å². The molecule has 0 aromatic heterocycles. The first-order chi connectivity index (χ1) is 7.04. The summed E-state index contributed by atoms with van der Waals surface area (Å²) < 4.78 is 0. The third kappa shape index (κ3) is 2.51. The molecule has 1 atom stereocenters. The fourth-order valence-electron chi connectivity index (χ4n) is 2.41. The van der Waals surface area contributed by atoms with E-state index in [-0.39, 0.29) is 0 Å². The predicted molar refractivity (Wildman–Crippen MR) is 60.9 cm³/mol. The highest BCUT2D eigenvalue weighted by molar-refractivity contribution is 5.78. The van der Waals surface area contributed by atoms with Gasteiger partial charge in [0.05, 0.1) is 0 Å². The second kappa shape index (κ2) is 4.97. The van der Waals surface area contributed by atoms with Crippen LogP contribution in [0.2, 0.25) is 0 Å². The zero-order chi connectivity index (χ0) is 11.5. The minimum atomic E-state index is -0.661. The molecule has 0 spiro atoms. The smallest absolute Gasteiger partial charge is 0.323 e. The third-order valence-electron chi connectivity index (χ3n) is 3.88. The minimum Gasteiger partial charge on any atom is -0.480 e. The molecule has 0 aromatic carbocycles. The Balaban J connectivity index is 2.64. The van der Waals surface area contributed by atoms with E-state index in [0.717, 1.165) is 38.8 Å². The topological polar surface area (TPSA) is 40.5 Å². The molecule has 0 aliphatic carbocycles. The van der Waals surface area contributed by atoms with E-state index in [1.165, 1.54) is 0 Å². The van der Waals surface area contributed by atoms with Crippen molar-refractivity contribution in [2.75, 3.05) is 13.1 Å². The molecule has 1 saturated heterocycles. The second-order valence-corrected chi connectivity index (χ2v) is 4.81. The van der Waals surface area contributed by atoms with Gasteiger partial charge in [0.15, 0.2) is 0 Å². The molecule has 0 radical (unpaired) electrons. The van der Waals surface area contributed by atoms with E-state index >= 15 is 0 Å². The minimum absolute atomic E-state index is 0.609. The predicted octanol–water partition coefficient (Wildman–Crippen LogP) is 2.36. The first-order valence-electron chi connectivity index (χ1n) is 6.03. The summed E-state index contributed by atoms with van der Waals surface area (Å²) in [6.07, 6.45) is 4.09. The van der Waals surface area contributed by atoms with Gasteiger partial charge in [0, 0.05) is 6.54 Å². The van der Waals surface area contributed by atoms with Crippen LogP contribution in [0, 0.1) is 5.92 Å². The molecule has 3 heteroatoms. The van der Waals surface area contributed by atoms with Crippen molar-refractivity contribution in [3.05, 3.63) is 0 Å². The molecular formula is C12H23NO2. The molecule has 3 nitrogen and oxygen atoms in total. The van der Waals surface area contributed by atoms with Crippen LogP contribution in [0.4, 0.5) is 0 Å². The van der Waals surface area contributed by atoms with Gasteiger partial charge < -0.3 is 5.11 Å². The largest absolute Gasteiger partial charge is 0.480 e. The number of hydrogen-bond donors (Lipinski definition) is 1. The number of likely N-dealkylation sites (tertiary alicyclic amines) is 1. The van der Waals surface area contributed by atoms with Crippen LogP contribution < -0.4 is 0 Å². The second-order valence-electron chi connectivity index (χ2n) is 4.81. The molecule has 0 bridgehead atoms. The summed E-state index contributed by atoms with van der Waals surface area (Å²) in [6, 6.07) is 0. The number of nitrogens with zero attached hydrogens (tertiary/aromatic N) is 1. The summed E-state index contributed by atoms with van der Waals surface area (Å²) >= 11 is 0. The molecule has 1 N–H and O–H groups in total. The first kappa shape index (κ1) is 12.5. The molecule has 0 saturated carbocycles. The van der Waals surface area contributed by atoms with E-state index in [2.05, 4.69) is 18.7 Å². The van der Waals surface area contributed by atoms with E-state index in [1.54, 1.807) is 0 Å². The van der Waals surface area contributed by atoms with Gasteiger partial charge >= 0.3 is 5.97 Å². The maximum absolute atomic E-state index is 11.3. The van der Waals surface area contributed by atoms with Crippen LogP contribution in [0.3, 0.4) is 0 Å². The van der Waals surface area contributed by atoms with Crippen LogP contribution in [0.15, 0.2) is 0 Å². The van der Waals surface area contributed by atoms with Crippen LogP contribution in [-0.2, 0) is 4.79 Å². The zero-order valence-electron chi connectivity index (χ0n) is 10.1. The maximum atomic E-state index is 11.3. The van der Waals surface area contributed by atoms with E-state index < -0.39 is 11.5 Å². The quantitative estimate of drug-likeness (QED) is 0.762. The lowest BCUT2D eigenvalue weighted by molar-refractivity contribution is -0.149. The standard InChI is InChI=1S/C12H23NO2/c1-4-10(5-2)9-13-8-6-7-12(13,3)11(14)15/h10H,4-9H2,1-3H3,(H,14,15). The van der Waals surface area contributed by atoms with Gasteiger partial charge in [0.25, 0.3) is 0 Å². The van der Waals surface area contributed by atoms with Gasteiger partial charge in [-0.2, -0.15) is 0 Å². The SMILES string of the molecule is CCC(CC)CN1CCCC1(C)C(=O)O. The number of carbonyl (C=O) groups is 1. The Kier molecular flexibility index (Phi) is 4.14. The Labute approximate surface area is 92.5 Å². The van der Waals surface area contributed by atoms with E-state index in [4.69, 9.17) is 0 Å². The van der Waals surface area contributed by atoms with Crippen molar-refractivity contribution < 1.29 is 9.90 Å². The highest BCUT2D eigenvalue weighted by Gasteiger charge is 2.43. The van der Waals surface area contributed by atoms with Crippen molar-refractivity contribution in [1.29, 1.82) is 0 Å². The molecule has 0 aromatic rings. The van der Waals surface area contributed by atoms with Crippen molar-refractivity contribution >= 4 is 5.97 Å². The molecule has 1 heterocycles. The molecule has 15 heavy (non-hydrogen) atoms. The lowest BCUT2D eigenvalue weighted by Crippen LogP contribution is -2.49. The summed E-state index contributed by atoms with van der Waals surface area (Å²) in [6.45, 7) is 8.12. The Hall–Kier alpha value is -0.570.